The molecule has 2 aromatic carbocycles. The van der Waals surface area contributed by atoms with Gasteiger partial charge < -0.3 is 4.74 Å². The van der Waals surface area contributed by atoms with Gasteiger partial charge in [-0.2, -0.15) is 4.37 Å². The largest absolute Gasteiger partial charge is 0.489 e. The molecule has 0 radical (unpaired) electrons. The summed E-state index contributed by atoms with van der Waals surface area (Å²) in [6.07, 6.45) is 3.13. The molecule has 1 aromatic heterocycles. The van der Waals surface area contributed by atoms with E-state index < -0.39 is 0 Å². The first-order chi connectivity index (χ1) is 10.8. The van der Waals surface area contributed by atoms with Crippen LogP contribution in [0.2, 0.25) is 0 Å². The van der Waals surface area contributed by atoms with Crippen LogP contribution < -0.4 is 4.74 Å². The lowest BCUT2D eigenvalue weighted by atomic mass is 10.0. The van der Waals surface area contributed by atoms with Gasteiger partial charge >= 0.3 is 0 Å². The van der Waals surface area contributed by atoms with Gasteiger partial charge in [0.2, 0.25) is 0 Å². The first-order valence-electron chi connectivity index (χ1n) is 7.90. The summed E-state index contributed by atoms with van der Waals surface area (Å²) in [5.41, 5.74) is 3.71. The van der Waals surface area contributed by atoms with Crippen molar-refractivity contribution < 1.29 is 4.74 Å². The second-order valence-electron chi connectivity index (χ2n) is 5.43. The lowest BCUT2D eigenvalue weighted by Gasteiger charge is -2.12. The van der Waals surface area contributed by atoms with Crippen LogP contribution in [-0.4, -0.2) is 4.37 Å². The summed E-state index contributed by atoms with van der Waals surface area (Å²) in [7, 11) is 0. The molecule has 0 fully saturated rings. The van der Waals surface area contributed by atoms with Gasteiger partial charge in [-0.1, -0.05) is 50.6 Å². The molecule has 0 spiro atoms. The SMILES string of the molecule is CCCc1c(OCc2ccccc2)ccc2c(CC)nsc12. The number of benzene rings is 2. The maximum absolute atomic E-state index is 6.11. The van der Waals surface area contributed by atoms with Crippen molar-refractivity contribution in [1.82, 2.24) is 4.37 Å². The third-order valence-electron chi connectivity index (χ3n) is 3.85. The second-order valence-corrected chi connectivity index (χ2v) is 6.20. The zero-order chi connectivity index (χ0) is 15.4. The summed E-state index contributed by atoms with van der Waals surface area (Å²) in [5, 5.41) is 1.29. The van der Waals surface area contributed by atoms with E-state index in [-0.39, 0.29) is 0 Å². The molecular formula is C19H21NOS. The van der Waals surface area contributed by atoms with Gasteiger partial charge in [-0.25, -0.2) is 0 Å². The van der Waals surface area contributed by atoms with E-state index >= 15 is 0 Å². The van der Waals surface area contributed by atoms with Gasteiger partial charge in [-0.05, 0) is 42.1 Å². The van der Waals surface area contributed by atoms with Crippen molar-refractivity contribution in [2.24, 2.45) is 0 Å². The van der Waals surface area contributed by atoms with Crippen LogP contribution in [0.3, 0.4) is 0 Å². The molecule has 0 amide bonds. The average Bonchev–Trinajstić information content (AvgIpc) is 2.98. The van der Waals surface area contributed by atoms with Crippen molar-refractivity contribution in [2.75, 3.05) is 0 Å². The van der Waals surface area contributed by atoms with Crippen LogP contribution in [0.5, 0.6) is 5.75 Å². The number of nitrogens with zero attached hydrogens (tertiary/aromatic N) is 1. The highest BCUT2D eigenvalue weighted by Crippen LogP contribution is 2.34. The number of ether oxygens (including phenoxy) is 1. The van der Waals surface area contributed by atoms with E-state index in [9.17, 15) is 0 Å². The summed E-state index contributed by atoms with van der Waals surface area (Å²) in [4.78, 5) is 0. The van der Waals surface area contributed by atoms with Crippen LogP contribution in [0.1, 0.15) is 37.1 Å². The fourth-order valence-corrected chi connectivity index (χ4v) is 3.73. The van der Waals surface area contributed by atoms with E-state index in [1.54, 1.807) is 11.5 Å². The van der Waals surface area contributed by atoms with Crippen LogP contribution in [0.15, 0.2) is 42.5 Å². The van der Waals surface area contributed by atoms with Crippen molar-refractivity contribution in [3.63, 3.8) is 0 Å². The van der Waals surface area contributed by atoms with Crippen molar-refractivity contribution in [3.8, 4) is 5.75 Å². The Kier molecular flexibility index (Phi) is 4.74. The third-order valence-corrected chi connectivity index (χ3v) is 4.81. The number of fused-ring (bicyclic) bond motifs is 1. The Bertz CT molecular complexity index is 749. The van der Waals surface area contributed by atoms with Gasteiger partial charge in [0.15, 0.2) is 0 Å². The molecule has 0 saturated carbocycles. The molecule has 0 saturated heterocycles. The second kappa shape index (κ2) is 6.93. The van der Waals surface area contributed by atoms with Crippen LogP contribution in [0.25, 0.3) is 10.1 Å². The summed E-state index contributed by atoms with van der Waals surface area (Å²) >= 11 is 1.61. The molecule has 0 unspecified atom stereocenters. The third kappa shape index (κ3) is 3.00. The average molecular weight is 311 g/mol. The van der Waals surface area contributed by atoms with Gasteiger partial charge in [0.05, 0.1) is 10.4 Å². The van der Waals surface area contributed by atoms with Crippen molar-refractivity contribution in [2.45, 2.75) is 39.7 Å². The van der Waals surface area contributed by atoms with Gasteiger partial charge in [0, 0.05) is 10.9 Å². The molecule has 0 bridgehead atoms. The number of aryl methyl sites for hydroxylation is 2. The Hall–Kier alpha value is -1.87. The molecule has 0 aliphatic heterocycles. The Morgan fingerprint density at radius 1 is 1.05 bits per heavy atom. The standard InChI is InChI=1S/C19H21NOS/c1-3-8-16-18(21-13-14-9-6-5-7-10-14)12-11-15-17(4-2)20-22-19(15)16/h5-7,9-12H,3-4,8,13H2,1-2H3. The number of hydrogen-bond donors (Lipinski definition) is 0. The lowest BCUT2D eigenvalue weighted by Crippen LogP contribution is -1.99. The monoisotopic (exact) mass is 311 g/mol. The van der Waals surface area contributed by atoms with E-state index in [1.165, 1.54) is 26.9 Å². The Labute approximate surface area is 135 Å². The minimum Gasteiger partial charge on any atom is -0.489 e. The van der Waals surface area contributed by atoms with Gasteiger partial charge in [0.25, 0.3) is 0 Å². The first-order valence-corrected chi connectivity index (χ1v) is 8.67. The summed E-state index contributed by atoms with van der Waals surface area (Å²) in [5.74, 6) is 1.00. The molecule has 3 aromatic rings. The van der Waals surface area contributed by atoms with E-state index in [0.717, 1.165) is 25.0 Å². The summed E-state index contributed by atoms with van der Waals surface area (Å²) in [6, 6.07) is 14.6. The fourth-order valence-electron chi connectivity index (χ4n) is 2.70. The molecule has 3 rings (SSSR count). The Morgan fingerprint density at radius 3 is 2.59 bits per heavy atom. The number of hydrogen-bond acceptors (Lipinski definition) is 3. The predicted molar refractivity (Wildman–Crippen MR) is 93.8 cm³/mol. The molecule has 1 heterocycles. The maximum Gasteiger partial charge on any atom is 0.124 e. The van der Waals surface area contributed by atoms with E-state index in [1.807, 2.05) is 18.2 Å². The predicted octanol–water partition coefficient (Wildman–Crippen LogP) is 5.39. The molecule has 22 heavy (non-hydrogen) atoms. The van der Waals surface area contributed by atoms with Gasteiger partial charge in [-0.3, -0.25) is 0 Å². The zero-order valence-corrected chi connectivity index (χ0v) is 14.0. The topological polar surface area (TPSA) is 22.1 Å². The quantitative estimate of drug-likeness (QED) is 0.609. The highest BCUT2D eigenvalue weighted by molar-refractivity contribution is 7.13. The molecule has 0 N–H and O–H groups in total. The number of aromatic nitrogens is 1. The van der Waals surface area contributed by atoms with E-state index in [4.69, 9.17) is 4.74 Å². The van der Waals surface area contributed by atoms with Crippen LogP contribution in [0, 0.1) is 0 Å². The highest BCUT2D eigenvalue weighted by Gasteiger charge is 2.13. The smallest absolute Gasteiger partial charge is 0.124 e. The lowest BCUT2D eigenvalue weighted by molar-refractivity contribution is 0.303. The molecule has 0 aliphatic carbocycles. The van der Waals surface area contributed by atoms with Crippen molar-refractivity contribution in [1.29, 1.82) is 0 Å². The van der Waals surface area contributed by atoms with Crippen LogP contribution in [-0.2, 0) is 19.4 Å². The molecule has 2 nitrogen and oxygen atoms in total. The Morgan fingerprint density at radius 2 is 1.86 bits per heavy atom. The number of rotatable bonds is 6. The summed E-state index contributed by atoms with van der Waals surface area (Å²) in [6.45, 7) is 4.98. The zero-order valence-electron chi connectivity index (χ0n) is 13.1. The first kappa shape index (κ1) is 15.0. The van der Waals surface area contributed by atoms with Crippen LogP contribution in [0.4, 0.5) is 0 Å². The molecule has 0 aliphatic rings. The van der Waals surface area contributed by atoms with E-state index in [0.29, 0.717) is 6.61 Å². The minimum absolute atomic E-state index is 0.614. The van der Waals surface area contributed by atoms with Gasteiger partial charge in [0.1, 0.15) is 12.4 Å². The molecular weight excluding hydrogens is 290 g/mol. The van der Waals surface area contributed by atoms with E-state index in [2.05, 4.69) is 42.5 Å². The fraction of sp³-hybridized carbons (Fsp3) is 0.316. The maximum atomic E-state index is 6.11. The molecule has 3 heteroatoms. The van der Waals surface area contributed by atoms with Crippen molar-refractivity contribution >= 4 is 21.6 Å². The molecule has 0 atom stereocenters. The Balaban J connectivity index is 1.93. The summed E-state index contributed by atoms with van der Waals surface area (Å²) < 4.78 is 12.0. The van der Waals surface area contributed by atoms with Crippen molar-refractivity contribution in [3.05, 3.63) is 59.3 Å². The van der Waals surface area contributed by atoms with Crippen LogP contribution >= 0.6 is 11.5 Å². The minimum atomic E-state index is 0.614. The van der Waals surface area contributed by atoms with Gasteiger partial charge in [-0.15, -0.1) is 0 Å². The highest BCUT2D eigenvalue weighted by atomic mass is 32.1. The molecule has 114 valence electrons. The normalized spacial score (nSPS) is 11.0.